The fourth-order valence-electron chi connectivity index (χ4n) is 2.56. The van der Waals surface area contributed by atoms with Crippen molar-refractivity contribution in [2.75, 3.05) is 6.67 Å². The van der Waals surface area contributed by atoms with Crippen LogP contribution in [0.1, 0.15) is 32.6 Å². The van der Waals surface area contributed by atoms with E-state index in [2.05, 4.69) is 6.92 Å². The van der Waals surface area contributed by atoms with E-state index in [1.54, 1.807) is 0 Å². The van der Waals surface area contributed by atoms with Gasteiger partial charge in [-0.15, -0.1) is 0 Å². The van der Waals surface area contributed by atoms with E-state index in [4.69, 9.17) is 0 Å². The zero-order valence-electron chi connectivity index (χ0n) is 6.98. The fourth-order valence-corrected chi connectivity index (χ4v) is 4.42. The van der Waals surface area contributed by atoms with E-state index in [1.807, 2.05) is 11.8 Å². The van der Waals surface area contributed by atoms with E-state index in [0.29, 0.717) is 10.7 Å². The summed E-state index contributed by atoms with van der Waals surface area (Å²) in [6, 6.07) is 0. The van der Waals surface area contributed by atoms with Crippen LogP contribution in [0.2, 0.25) is 0 Å². The molecule has 64 valence electrons. The monoisotopic (exact) mass is 174 g/mol. The second-order valence-corrected chi connectivity index (χ2v) is 5.66. The number of halogens is 1. The quantitative estimate of drug-likeness (QED) is 0.589. The molecule has 2 aliphatic rings. The van der Waals surface area contributed by atoms with Gasteiger partial charge in [-0.1, -0.05) is 13.3 Å². The highest BCUT2D eigenvalue weighted by Gasteiger charge is 2.46. The van der Waals surface area contributed by atoms with Gasteiger partial charge in [0.2, 0.25) is 0 Å². The van der Waals surface area contributed by atoms with Crippen molar-refractivity contribution in [2.45, 2.75) is 43.1 Å². The molecule has 3 atom stereocenters. The molecule has 1 heterocycles. The normalized spacial score (nSPS) is 49.6. The second-order valence-electron chi connectivity index (χ2n) is 4.15. The van der Waals surface area contributed by atoms with E-state index in [9.17, 15) is 4.39 Å². The largest absolute Gasteiger partial charge is 0.250 e. The second kappa shape index (κ2) is 2.65. The Morgan fingerprint density at radius 1 is 1.64 bits per heavy atom. The van der Waals surface area contributed by atoms with Gasteiger partial charge in [0.25, 0.3) is 0 Å². The van der Waals surface area contributed by atoms with Crippen molar-refractivity contribution >= 4 is 11.8 Å². The summed E-state index contributed by atoms with van der Waals surface area (Å²) < 4.78 is 12.4. The third kappa shape index (κ3) is 1.20. The summed E-state index contributed by atoms with van der Waals surface area (Å²) in [4.78, 5) is 0. The van der Waals surface area contributed by atoms with Crippen molar-refractivity contribution in [3.05, 3.63) is 0 Å². The minimum Gasteiger partial charge on any atom is -0.250 e. The molecule has 2 heteroatoms. The van der Waals surface area contributed by atoms with E-state index in [-0.39, 0.29) is 6.67 Å². The third-order valence-corrected chi connectivity index (χ3v) is 5.03. The summed E-state index contributed by atoms with van der Waals surface area (Å²) in [5, 5.41) is 1.11. The number of rotatable bonds is 1. The number of alkyl halides is 1. The molecule has 0 aromatic rings. The lowest BCUT2D eigenvalue weighted by molar-refractivity contribution is 0.318. The van der Waals surface area contributed by atoms with Gasteiger partial charge in [0, 0.05) is 10.5 Å². The molecule has 1 aliphatic carbocycles. The molecule has 0 aromatic heterocycles. The summed E-state index contributed by atoms with van der Waals surface area (Å²) in [6.45, 7) is 2.23. The van der Waals surface area contributed by atoms with Crippen LogP contribution in [0.3, 0.4) is 0 Å². The molecule has 0 nitrogen and oxygen atoms in total. The van der Waals surface area contributed by atoms with E-state index < -0.39 is 0 Å². The van der Waals surface area contributed by atoms with Crippen LogP contribution >= 0.6 is 11.8 Å². The van der Waals surface area contributed by atoms with Crippen LogP contribution in [-0.4, -0.2) is 17.2 Å². The number of hydrogen-bond acceptors (Lipinski definition) is 1. The maximum Gasteiger partial charge on any atom is 0.101 e. The molecule has 2 fully saturated rings. The molecule has 0 aromatic carbocycles. The Balaban J connectivity index is 2.06. The van der Waals surface area contributed by atoms with Crippen molar-refractivity contribution in [3.8, 4) is 0 Å². The predicted octanol–water partition coefficient (Wildman–Crippen LogP) is 3.02. The summed E-state index contributed by atoms with van der Waals surface area (Å²) in [5.74, 6) is 0. The molecule has 0 spiro atoms. The van der Waals surface area contributed by atoms with Crippen molar-refractivity contribution in [1.29, 1.82) is 0 Å². The van der Waals surface area contributed by atoms with Gasteiger partial charge in [0.1, 0.15) is 6.67 Å². The van der Waals surface area contributed by atoms with E-state index >= 15 is 0 Å². The molecule has 1 aliphatic heterocycles. The molecular weight excluding hydrogens is 159 g/mol. The third-order valence-electron chi connectivity index (χ3n) is 3.21. The van der Waals surface area contributed by atoms with Crippen LogP contribution in [0, 0.1) is 5.41 Å². The Hall–Kier alpha value is 0.280. The van der Waals surface area contributed by atoms with Gasteiger partial charge in [-0.05, 0) is 24.7 Å². The van der Waals surface area contributed by atoms with Gasteiger partial charge >= 0.3 is 0 Å². The van der Waals surface area contributed by atoms with Crippen LogP contribution in [-0.2, 0) is 0 Å². The highest BCUT2D eigenvalue weighted by Crippen LogP contribution is 2.56. The van der Waals surface area contributed by atoms with Crippen molar-refractivity contribution in [2.24, 2.45) is 5.41 Å². The molecule has 0 radical (unpaired) electrons. The topological polar surface area (TPSA) is 0 Å². The first-order chi connectivity index (χ1) is 5.24. The summed E-state index contributed by atoms with van der Waals surface area (Å²) in [5.41, 5.74) is 0.501. The van der Waals surface area contributed by atoms with Crippen molar-refractivity contribution in [3.63, 3.8) is 0 Å². The molecule has 1 unspecified atom stereocenters. The van der Waals surface area contributed by atoms with Crippen LogP contribution in [0.25, 0.3) is 0 Å². The lowest BCUT2D eigenvalue weighted by Gasteiger charge is -2.21. The Labute approximate surface area is 71.9 Å². The van der Waals surface area contributed by atoms with Crippen LogP contribution in [0.15, 0.2) is 0 Å². The van der Waals surface area contributed by atoms with Crippen molar-refractivity contribution < 1.29 is 4.39 Å². The zero-order valence-corrected chi connectivity index (χ0v) is 7.79. The molecule has 11 heavy (non-hydrogen) atoms. The Morgan fingerprint density at radius 2 is 2.45 bits per heavy atom. The molecule has 0 N–H and O–H groups in total. The number of fused-ring (bicyclic) bond motifs is 1. The highest BCUT2D eigenvalue weighted by molar-refractivity contribution is 8.00. The maximum atomic E-state index is 12.4. The molecule has 1 saturated heterocycles. The summed E-state index contributed by atoms with van der Waals surface area (Å²) >= 11 is 1.91. The van der Waals surface area contributed by atoms with Gasteiger partial charge in [0.05, 0.1) is 0 Å². The van der Waals surface area contributed by atoms with Crippen molar-refractivity contribution in [1.82, 2.24) is 0 Å². The highest BCUT2D eigenvalue weighted by atomic mass is 32.2. The Morgan fingerprint density at radius 3 is 3.09 bits per heavy atom. The SMILES string of the molecule is CC12CCC[C@@H]1S[C@H](CF)C2. The first-order valence-corrected chi connectivity index (χ1v) is 5.40. The molecule has 0 amide bonds. The standard InChI is InChI=1S/C9H15FS/c1-9-4-2-3-8(9)11-7(5-9)6-10/h7-8H,2-6H2,1H3/t7-,8-,9?/m0/s1. The first kappa shape index (κ1) is 7.90. The minimum atomic E-state index is -0.114. The Bertz CT molecular complexity index is 160. The number of thioether (sulfide) groups is 1. The molecule has 1 saturated carbocycles. The van der Waals surface area contributed by atoms with Crippen LogP contribution in [0.4, 0.5) is 4.39 Å². The Kier molecular flexibility index (Phi) is 1.90. The zero-order chi connectivity index (χ0) is 7.90. The van der Waals surface area contributed by atoms with E-state index in [0.717, 1.165) is 11.7 Å². The summed E-state index contributed by atoms with van der Waals surface area (Å²) in [6.07, 6.45) is 5.16. The number of hydrogen-bond donors (Lipinski definition) is 0. The van der Waals surface area contributed by atoms with Gasteiger partial charge in [-0.3, -0.25) is 0 Å². The van der Waals surface area contributed by atoms with Gasteiger partial charge in [0.15, 0.2) is 0 Å². The fraction of sp³-hybridized carbons (Fsp3) is 1.00. The summed E-state index contributed by atoms with van der Waals surface area (Å²) in [7, 11) is 0. The molecule has 2 rings (SSSR count). The molecule has 0 bridgehead atoms. The lowest BCUT2D eigenvalue weighted by Crippen LogP contribution is -2.18. The van der Waals surface area contributed by atoms with E-state index in [1.165, 1.54) is 19.3 Å². The average molecular weight is 174 g/mol. The average Bonchev–Trinajstić information content (AvgIpc) is 2.42. The van der Waals surface area contributed by atoms with Gasteiger partial charge < -0.3 is 0 Å². The first-order valence-electron chi connectivity index (χ1n) is 4.46. The molecular formula is C9H15FS. The smallest absolute Gasteiger partial charge is 0.101 e. The van der Waals surface area contributed by atoms with Gasteiger partial charge in [-0.25, -0.2) is 4.39 Å². The minimum absolute atomic E-state index is 0.114. The van der Waals surface area contributed by atoms with Crippen LogP contribution < -0.4 is 0 Å². The van der Waals surface area contributed by atoms with Crippen LogP contribution in [0.5, 0.6) is 0 Å². The predicted molar refractivity (Wildman–Crippen MR) is 47.7 cm³/mol. The lowest BCUT2D eigenvalue weighted by atomic mass is 9.84. The maximum absolute atomic E-state index is 12.4. The van der Waals surface area contributed by atoms with Gasteiger partial charge in [-0.2, -0.15) is 11.8 Å².